The van der Waals surface area contributed by atoms with E-state index in [1.165, 1.54) is 0 Å². The molecule has 2 heterocycles. The first kappa shape index (κ1) is 17.1. The third kappa shape index (κ3) is 5.12. The summed E-state index contributed by atoms with van der Waals surface area (Å²) in [5.74, 6) is 1.06. The molecule has 0 saturated heterocycles. The molecule has 2 aromatic heterocycles. The Morgan fingerprint density at radius 1 is 1.16 bits per heavy atom. The Hall–Kier alpha value is -2.73. The summed E-state index contributed by atoms with van der Waals surface area (Å²) >= 11 is 5.80. The molecule has 0 radical (unpaired) electrons. The number of carbonyl (C=O) groups excluding carboxylic acids is 1. The topological polar surface area (TPSA) is 66.5 Å². The van der Waals surface area contributed by atoms with Gasteiger partial charge >= 0.3 is 5.97 Å². The van der Waals surface area contributed by atoms with Crippen LogP contribution < -0.4 is 4.74 Å². The monoisotopic (exact) mass is 360 g/mol. The summed E-state index contributed by atoms with van der Waals surface area (Å²) < 4.78 is 17.9. The number of benzene rings is 1. The van der Waals surface area contributed by atoms with Crippen molar-refractivity contribution in [2.75, 3.05) is 13.2 Å². The van der Waals surface area contributed by atoms with Crippen LogP contribution in [0.25, 0.3) is 0 Å². The molecule has 3 rings (SSSR count). The molecule has 0 aliphatic carbocycles. The molecule has 1 aromatic carbocycles. The highest BCUT2D eigenvalue weighted by molar-refractivity contribution is 6.30. The average molecular weight is 361 g/mol. The van der Waals surface area contributed by atoms with Crippen LogP contribution in [-0.4, -0.2) is 29.0 Å². The zero-order valence-corrected chi connectivity index (χ0v) is 14.2. The third-order valence-corrected chi connectivity index (χ3v) is 3.60. The van der Waals surface area contributed by atoms with Gasteiger partial charge in [0.2, 0.25) is 5.76 Å². The number of halogens is 1. The number of furan rings is 1. The minimum Gasteiger partial charge on any atom is -0.493 e. The van der Waals surface area contributed by atoms with Crippen molar-refractivity contribution in [3.05, 3.63) is 71.4 Å². The number of ether oxygens (including phenoxy) is 2. The van der Waals surface area contributed by atoms with Gasteiger partial charge < -0.3 is 13.9 Å². The second kappa shape index (κ2) is 8.39. The van der Waals surface area contributed by atoms with Crippen molar-refractivity contribution in [2.24, 2.45) is 0 Å². The zero-order valence-electron chi connectivity index (χ0n) is 13.4. The Kier molecular flexibility index (Phi) is 5.74. The molecule has 0 saturated carbocycles. The number of hydrogen-bond acceptors (Lipinski definition) is 5. The van der Waals surface area contributed by atoms with E-state index in [1.807, 2.05) is 12.3 Å². The van der Waals surface area contributed by atoms with Crippen LogP contribution in [0.3, 0.4) is 0 Å². The fraction of sp³-hybridized carbons (Fsp3) is 0.222. The molecule has 0 aliphatic rings. The maximum Gasteiger partial charge on any atom is 0.374 e. The van der Waals surface area contributed by atoms with Gasteiger partial charge in [0.25, 0.3) is 0 Å². The normalized spacial score (nSPS) is 10.6. The van der Waals surface area contributed by atoms with E-state index in [1.54, 1.807) is 47.3 Å². The van der Waals surface area contributed by atoms with Crippen LogP contribution in [-0.2, 0) is 11.3 Å². The average Bonchev–Trinajstić information content (AvgIpc) is 3.28. The Bertz CT molecular complexity index is 797. The van der Waals surface area contributed by atoms with Gasteiger partial charge in [0, 0.05) is 23.8 Å². The predicted octanol–water partition coefficient (Wildman–Crippen LogP) is 3.80. The maximum atomic E-state index is 11.9. The van der Waals surface area contributed by atoms with Gasteiger partial charge in [0.15, 0.2) is 0 Å². The van der Waals surface area contributed by atoms with Crippen molar-refractivity contribution in [2.45, 2.75) is 13.0 Å². The molecule has 0 bridgehead atoms. The lowest BCUT2D eigenvalue weighted by Crippen LogP contribution is -2.08. The van der Waals surface area contributed by atoms with Crippen LogP contribution >= 0.6 is 11.6 Å². The van der Waals surface area contributed by atoms with Crippen molar-refractivity contribution in [3.63, 3.8) is 0 Å². The smallest absolute Gasteiger partial charge is 0.374 e. The maximum absolute atomic E-state index is 11.9. The standard InChI is InChI=1S/C18H17ClN2O4/c19-14-3-5-15(6-4-14)23-11-2-12-24-18(22)17-8-7-16(25-17)13-21-10-1-9-20-21/h1,3-10H,2,11-13H2. The van der Waals surface area contributed by atoms with E-state index in [9.17, 15) is 4.79 Å². The van der Waals surface area contributed by atoms with E-state index in [-0.39, 0.29) is 12.4 Å². The van der Waals surface area contributed by atoms with Crippen molar-refractivity contribution in [1.82, 2.24) is 9.78 Å². The number of hydrogen-bond donors (Lipinski definition) is 0. The Morgan fingerprint density at radius 3 is 2.76 bits per heavy atom. The molecule has 130 valence electrons. The zero-order chi connectivity index (χ0) is 17.5. The minimum atomic E-state index is -0.488. The van der Waals surface area contributed by atoms with E-state index in [0.717, 1.165) is 5.75 Å². The van der Waals surface area contributed by atoms with E-state index in [2.05, 4.69) is 5.10 Å². The summed E-state index contributed by atoms with van der Waals surface area (Å²) in [5.41, 5.74) is 0. The van der Waals surface area contributed by atoms with Gasteiger partial charge in [-0.15, -0.1) is 0 Å². The molecule has 0 amide bonds. The summed E-state index contributed by atoms with van der Waals surface area (Å²) in [6.45, 7) is 1.16. The number of carbonyl (C=O) groups is 1. The molecule has 0 N–H and O–H groups in total. The van der Waals surface area contributed by atoms with Crippen molar-refractivity contribution < 1.29 is 18.7 Å². The van der Waals surface area contributed by atoms with Crippen molar-refractivity contribution in [1.29, 1.82) is 0 Å². The van der Waals surface area contributed by atoms with Crippen LogP contribution in [0.1, 0.15) is 22.7 Å². The third-order valence-electron chi connectivity index (χ3n) is 3.34. The highest BCUT2D eigenvalue weighted by Gasteiger charge is 2.13. The molecule has 0 aliphatic heterocycles. The Morgan fingerprint density at radius 2 is 2.00 bits per heavy atom. The number of aromatic nitrogens is 2. The van der Waals surface area contributed by atoms with Crippen LogP contribution in [0.4, 0.5) is 0 Å². The Balaban J connectivity index is 1.37. The largest absolute Gasteiger partial charge is 0.493 e. The molecule has 0 spiro atoms. The van der Waals surface area contributed by atoms with Crippen molar-refractivity contribution in [3.8, 4) is 5.75 Å². The van der Waals surface area contributed by atoms with Gasteiger partial charge in [-0.25, -0.2) is 4.79 Å². The lowest BCUT2D eigenvalue weighted by Gasteiger charge is -2.06. The number of rotatable bonds is 8. The summed E-state index contributed by atoms with van der Waals surface area (Å²) in [6.07, 6.45) is 4.08. The molecule has 3 aromatic rings. The van der Waals surface area contributed by atoms with Crippen LogP contribution in [0.15, 0.2) is 59.3 Å². The molecule has 0 fully saturated rings. The number of esters is 1. The molecule has 6 nitrogen and oxygen atoms in total. The van der Waals surface area contributed by atoms with Crippen molar-refractivity contribution >= 4 is 17.6 Å². The second-order valence-electron chi connectivity index (χ2n) is 5.26. The molecular weight excluding hydrogens is 344 g/mol. The SMILES string of the molecule is O=C(OCCCOc1ccc(Cl)cc1)c1ccc(Cn2cccn2)o1. The highest BCUT2D eigenvalue weighted by atomic mass is 35.5. The van der Waals surface area contributed by atoms with Gasteiger partial charge in [-0.05, 0) is 42.5 Å². The highest BCUT2D eigenvalue weighted by Crippen LogP contribution is 2.15. The quantitative estimate of drug-likeness (QED) is 0.451. The van der Waals surface area contributed by atoms with Crippen LogP contribution in [0.2, 0.25) is 5.02 Å². The number of nitrogens with zero attached hydrogens (tertiary/aromatic N) is 2. The summed E-state index contributed by atoms with van der Waals surface area (Å²) in [5, 5.41) is 4.74. The molecule has 7 heteroatoms. The first-order valence-electron chi connectivity index (χ1n) is 7.82. The first-order valence-corrected chi connectivity index (χ1v) is 8.20. The van der Waals surface area contributed by atoms with Gasteiger partial charge in [-0.2, -0.15) is 5.10 Å². The summed E-state index contributed by atoms with van der Waals surface area (Å²) in [6, 6.07) is 12.3. The lowest BCUT2D eigenvalue weighted by atomic mass is 10.3. The molecule has 0 atom stereocenters. The van der Waals surface area contributed by atoms with Gasteiger partial charge in [-0.3, -0.25) is 4.68 Å². The molecule has 25 heavy (non-hydrogen) atoms. The van der Waals surface area contributed by atoms with E-state index in [4.69, 9.17) is 25.5 Å². The van der Waals surface area contributed by atoms with Gasteiger partial charge in [0.1, 0.15) is 11.5 Å². The fourth-order valence-corrected chi connectivity index (χ4v) is 2.27. The first-order chi connectivity index (χ1) is 12.2. The van der Waals surface area contributed by atoms with Gasteiger partial charge in [0.05, 0.1) is 19.8 Å². The van der Waals surface area contributed by atoms with Crippen LogP contribution in [0.5, 0.6) is 5.75 Å². The van der Waals surface area contributed by atoms with E-state index in [0.29, 0.717) is 30.4 Å². The van der Waals surface area contributed by atoms with Gasteiger partial charge in [-0.1, -0.05) is 11.6 Å². The van der Waals surface area contributed by atoms with E-state index >= 15 is 0 Å². The second-order valence-corrected chi connectivity index (χ2v) is 5.70. The van der Waals surface area contributed by atoms with E-state index < -0.39 is 5.97 Å². The summed E-state index contributed by atoms with van der Waals surface area (Å²) in [4.78, 5) is 11.9. The fourth-order valence-electron chi connectivity index (χ4n) is 2.14. The van der Waals surface area contributed by atoms with Crippen LogP contribution in [0, 0.1) is 0 Å². The summed E-state index contributed by atoms with van der Waals surface area (Å²) in [7, 11) is 0. The Labute approximate surface area is 149 Å². The molecule has 0 unspecified atom stereocenters. The predicted molar refractivity (Wildman–Crippen MR) is 91.9 cm³/mol. The minimum absolute atomic E-state index is 0.181. The molecular formula is C18H17ClN2O4. The lowest BCUT2D eigenvalue weighted by molar-refractivity contribution is 0.0447.